The molecule has 0 saturated carbocycles. The van der Waals surface area contributed by atoms with Gasteiger partial charge in [-0.15, -0.1) is 10.2 Å². The molecule has 1 aliphatic rings. The molecule has 0 atom stereocenters. The second-order valence-electron chi connectivity index (χ2n) is 5.42. The quantitative estimate of drug-likeness (QED) is 0.791. The maximum Gasteiger partial charge on any atom is 0.248 e. The molecule has 0 aliphatic carbocycles. The molecule has 0 radical (unpaired) electrons. The molecule has 0 unspecified atom stereocenters. The Hall–Kier alpha value is -3.48. The molecular formula is C18H17N5O2. The summed E-state index contributed by atoms with van der Waals surface area (Å²) in [7, 11) is 3.28. The van der Waals surface area contributed by atoms with Crippen molar-refractivity contribution in [2.24, 2.45) is 0 Å². The molecule has 7 heteroatoms. The smallest absolute Gasteiger partial charge is 0.248 e. The molecule has 0 spiro atoms. The molecule has 126 valence electrons. The zero-order valence-electron chi connectivity index (χ0n) is 13.9. The first kappa shape index (κ1) is 15.1. The predicted octanol–water partition coefficient (Wildman–Crippen LogP) is 2.99. The van der Waals surface area contributed by atoms with Gasteiger partial charge in [0.25, 0.3) is 0 Å². The van der Waals surface area contributed by atoms with Gasteiger partial charge in [-0.2, -0.15) is 0 Å². The Balaban J connectivity index is 1.87. The number of aromatic nitrogens is 3. The van der Waals surface area contributed by atoms with Gasteiger partial charge in [-0.05, 0) is 17.7 Å². The van der Waals surface area contributed by atoms with E-state index < -0.39 is 0 Å². The Morgan fingerprint density at radius 1 is 1.00 bits per heavy atom. The van der Waals surface area contributed by atoms with Crippen LogP contribution in [0, 0.1) is 0 Å². The van der Waals surface area contributed by atoms with Crippen LogP contribution in [0.4, 0.5) is 11.6 Å². The molecule has 3 aromatic rings. The number of methoxy groups -OCH3 is 2. The maximum atomic E-state index is 5.53. The lowest BCUT2D eigenvalue weighted by atomic mass is 10.1. The fourth-order valence-corrected chi connectivity index (χ4v) is 2.73. The topological polar surface area (TPSA) is 64.4 Å². The Labute approximate surface area is 145 Å². The summed E-state index contributed by atoms with van der Waals surface area (Å²) >= 11 is 0. The van der Waals surface area contributed by atoms with Crippen LogP contribution >= 0.6 is 0 Å². The van der Waals surface area contributed by atoms with E-state index in [4.69, 9.17) is 9.47 Å². The van der Waals surface area contributed by atoms with Gasteiger partial charge in [-0.3, -0.25) is 0 Å². The maximum absolute atomic E-state index is 5.53. The lowest BCUT2D eigenvalue weighted by Crippen LogP contribution is -2.30. The van der Waals surface area contributed by atoms with Gasteiger partial charge in [0, 0.05) is 6.07 Å². The monoisotopic (exact) mass is 335 g/mol. The van der Waals surface area contributed by atoms with Gasteiger partial charge in [0.15, 0.2) is 0 Å². The Kier molecular flexibility index (Phi) is 3.74. The van der Waals surface area contributed by atoms with Crippen LogP contribution in [0.15, 0.2) is 61.1 Å². The van der Waals surface area contributed by atoms with E-state index in [0.29, 0.717) is 11.7 Å². The van der Waals surface area contributed by atoms with Crippen LogP contribution in [0.5, 0.6) is 11.5 Å². The van der Waals surface area contributed by atoms with Crippen molar-refractivity contribution in [3.63, 3.8) is 0 Å². The normalized spacial score (nSPS) is 12.9. The fourth-order valence-electron chi connectivity index (χ4n) is 2.73. The number of hydrogen-bond donors (Lipinski definition) is 1. The molecule has 25 heavy (non-hydrogen) atoms. The van der Waals surface area contributed by atoms with Crippen LogP contribution in [0.1, 0.15) is 5.56 Å². The fraction of sp³-hybridized carbons (Fsp3) is 0.111. The van der Waals surface area contributed by atoms with Crippen LogP contribution in [-0.2, 0) is 0 Å². The van der Waals surface area contributed by atoms with Crippen LogP contribution < -0.4 is 19.8 Å². The van der Waals surface area contributed by atoms with Crippen molar-refractivity contribution in [3.05, 3.63) is 66.6 Å². The number of nitrogens with one attached hydrogen (secondary N) is 1. The van der Waals surface area contributed by atoms with Crippen molar-refractivity contribution in [1.82, 2.24) is 14.9 Å². The van der Waals surface area contributed by atoms with E-state index in [0.717, 1.165) is 22.7 Å². The molecule has 4 rings (SSSR count). The Bertz CT molecular complexity index is 920. The van der Waals surface area contributed by atoms with Gasteiger partial charge in [0.05, 0.1) is 26.1 Å². The van der Waals surface area contributed by atoms with E-state index in [2.05, 4.69) is 15.5 Å². The third kappa shape index (κ3) is 2.65. The molecule has 7 nitrogen and oxygen atoms in total. The number of hydrogen-bond acceptors (Lipinski definition) is 6. The average Bonchev–Trinajstić information content (AvgIpc) is 3.16. The second kappa shape index (κ2) is 6.20. The first-order chi connectivity index (χ1) is 12.3. The number of rotatable bonds is 4. The van der Waals surface area contributed by atoms with E-state index in [9.17, 15) is 0 Å². The summed E-state index contributed by atoms with van der Waals surface area (Å²) in [4.78, 5) is 0. The summed E-state index contributed by atoms with van der Waals surface area (Å²) < 4.78 is 12.7. The number of ether oxygens (including phenoxy) is 2. The molecule has 0 bridgehead atoms. The first-order valence-electron chi connectivity index (χ1n) is 7.76. The number of nitrogens with zero attached hydrogens (tertiary/aromatic N) is 4. The molecule has 2 aromatic carbocycles. The molecule has 1 aliphatic heterocycles. The highest BCUT2D eigenvalue weighted by molar-refractivity contribution is 5.80. The minimum absolute atomic E-state index is 0.617. The van der Waals surface area contributed by atoms with Crippen molar-refractivity contribution >= 4 is 17.3 Å². The minimum Gasteiger partial charge on any atom is -0.497 e. The summed E-state index contributed by atoms with van der Waals surface area (Å²) in [6, 6.07) is 15.7. The average molecular weight is 335 g/mol. The largest absolute Gasteiger partial charge is 0.497 e. The highest BCUT2D eigenvalue weighted by Gasteiger charge is 2.23. The third-order valence-corrected chi connectivity index (χ3v) is 3.98. The Morgan fingerprint density at radius 3 is 2.60 bits per heavy atom. The number of fused-ring (bicyclic) bond motifs is 1. The summed E-state index contributed by atoms with van der Waals surface area (Å²) in [6.45, 7) is 0. The highest BCUT2D eigenvalue weighted by atomic mass is 16.5. The van der Waals surface area contributed by atoms with E-state index in [1.54, 1.807) is 20.5 Å². The lowest BCUT2D eigenvalue weighted by Gasteiger charge is -2.30. The summed E-state index contributed by atoms with van der Waals surface area (Å²) in [5.41, 5.74) is 2.77. The zero-order chi connectivity index (χ0) is 17.2. The van der Waals surface area contributed by atoms with Crippen LogP contribution in [0.25, 0.3) is 5.70 Å². The van der Waals surface area contributed by atoms with E-state index >= 15 is 0 Å². The van der Waals surface area contributed by atoms with Gasteiger partial charge in [-0.1, -0.05) is 30.3 Å². The van der Waals surface area contributed by atoms with Crippen molar-refractivity contribution < 1.29 is 9.47 Å². The number of benzene rings is 2. The van der Waals surface area contributed by atoms with Crippen LogP contribution in [0.2, 0.25) is 0 Å². The zero-order valence-corrected chi connectivity index (χ0v) is 13.9. The summed E-state index contributed by atoms with van der Waals surface area (Å²) in [5, 5.41) is 13.4. The highest BCUT2D eigenvalue weighted by Crippen LogP contribution is 2.36. The van der Waals surface area contributed by atoms with Crippen molar-refractivity contribution in [1.29, 1.82) is 0 Å². The predicted molar refractivity (Wildman–Crippen MR) is 95.5 cm³/mol. The van der Waals surface area contributed by atoms with Crippen molar-refractivity contribution in [2.45, 2.75) is 0 Å². The molecule has 0 fully saturated rings. The molecule has 0 amide bonds. The second-order valence-corrected chi connectivity index (χ2v) is 5.42. The Morgan fingerprint density at radius 2 is 1.84 bits per heavy atom. The van der Waals surface area contributed by atoms with Gasteiger partial charge < -0.3 is 14.8 Å². The first-order valence-corrected chi connectivity index (χ1v) is 7.76. The van der Waals surface area contributed by atoms with Gasteiger partial charge in [-0.25, -0.2) is 9.69 Å². The summed E-state index contributed by atoms with van der Waals surface area (Å²) in [6.07, 6.45) is 3.61. The molecule has 1 N–H and O–H groups in total. The van der Waals surface area contributed by atoms with Crippen molar-refractivity contribution in [3.8, 4) is 11.5 Å². The molecule has 0 saturated heterocycles. The van der Waals surface area contributed by atoms with E-state index in [1.807, 2.05) is 64.4 Å². The summed E-state index contributed by atoms with van der Waals surface area (Å²) in [5.74, 6) is 2.07. The standard InChI is InChI=1S/C18H17N5O2/c1-24-14-8-9-17(25-2)16(10-14)22-11-15(13-6-4-3-5-7-13)20-18-21-19-12-23(18)22/h3-12H,1-2H3,(H,20,21). The third-order valence-electron chi connectivity index (χ3n) is 3.98. The minimum atomic E-state index is 0.617. The molecule has 1 aromatic heterocycles. The van der Waals surface area contributed by atoms with Gasteiger partial charge in [0.1, 0.15) is 23.5 Å². The van der Waals surface area contributed by atoms with Crippen molar-refractivity contribution in [2.75, 3.05) is 24.5 Å². The van der Waals surface area contributed by atoms with Gasteiger partial charge >= 0.3 is 0 Å². The molecular weight excluding hydrogens is 318 g/mol. The lowest BCUT2D eigenvalue weighted by molar-refractivity contribution is 0.403. The van der Waals surface area contributed by atoms with E-state index in [1.165, 1.54) is 0 Å². The van der Waals surface area contributed by atoms with Crippen LogP contribution in [0.3, 0.4) is 0 Å². The van der Waals surface area contributed by atoms with Gasteiger partial charge in [0.2, 0.25) is 5.95 Å². The van der Waals surface area contributed by atoms with Crippen LogP contribution in [-0.4, -0.2) is 29.1 Å². The van der Waals surface area contributed by atoms with E-state index in [-0.39, 0.29) is 0 Å². The molecule has 2 heterocycles. The number of anilines is 2. The SMILES string of the molecule is COc1ccc(OC)c(N2C=C(c3ccccc3)Nc3nncn32)c1.